The van der Waals surface area contributed by atoms with Crippen LogP contribution in [0.3, 0.4) is 0 Å². The van der Waals surface area contributed by atoms with Crippen LogP contribution in [0.4, 0.5) is 11.4 Å². The molecule has 144 valence electrons. The van der Waals surface area contributed by atoms with Gasteiger partial charge in [0.25, 0.3) is 5.56 Å². The molecule has 0 spiro atoms. The zero-order chi connectivity index (χ0) is 19.9. The molecule has 0 bridgehead atoms. The van der Waals surface area contributed by atoms with Gasteiger partial charge in [0.05, 0.1) is 5.69 Å². The fraction of sp³-hybridized carbons (Fsp3) is 0.238. The normalized spacial score (nSPS) is 10.5. The van der Waals surface area contributed by atoms with Crippen LogP contribution in [0, 0.1) is 0 Å². The lowest BCUT2D eigenvalue weighted by atomic mass is 10.2. The van der Waals surface area contributed by atoms with Crippen LogP contribution in [0.15, 0.2) is 65.7 Å². The van der Waals surface area contributed by atoms with Gasteiger partial charge in [-0.25, -0.2) is 4.68 Å². The Balaban J connectivity index is 1.56. The van der Waals surface area contributed by atoms with Crippen LogP contribution < -0.4 is 15.8 Å². The van der Waals surface area contributed by atoms with Crippen LogP contribution in [0.5, 0.6) is 0 Å². The van der Waals surface area contributed by atoms with Crippen molar-refractivity contribution < 1.29 is 4.79 Å². The van der Waals surface area contributed by atoms with Crippen molar-refractivity contribution in [3.8, 4) is 11.3 Å². The number of nitrogens with zero attached hydrogens (tertiary/aromatic N) is 4. The highest BCUT2D eigenvalue weighted by Crippen LogP contribution is 2.16. The maximum absolute atomic E-state index is 12.2. The van der Waals surface area contributed by atoms with E-state index in [1.54, 1.807) is 18.5 Å². The number of pyridine rings is 1. The van der Waals surface area contributed by atoms with Gasteiger partial charge in [-0.15, -0.1) is 0 Å². The van der Waals surface area contributed by atoms with Gasteiger partial charge in [-0.2, -0.15) is 5.10 Å². The highest BCUT2D eigenvalue weighted by Gasteiger charge is 2.06. The molecule has 7 nitrogen and oxygen atoms in total. The largest absolute Gasteiger partial charge is 0.378 e. The first-order chi connectivity index (χ1) is 13.5. The van der Waals surface area contributed by atoms with Crippen molar-refractivity contribution in [1.82, 2.24) is 14.8 Å². The molecule has 2 heterocycles. The summed E-state index contributed by atoms with van der Waals surface area (Å²) in [5.41, 5.74) is 3.23. The maximum Gasteiger partial charge on any atom is 0.266 e. The van der Waals surface area contributed by atoms with E-state index in [2.05, 4.69) is 15.4 Å². The molecule has 7 heteroatoms. The molecule has 0 atom stereocenters. The maximum atomic E-state index is 12.2. The van der Waals surface area contributed by atoms with Crippen LogP contribution in [0.2, 0.25) is 0 Å². The fourth-order valence-corrected chi connectivity index (χ4v) is 2.74. The molecular weight excluding hydrogens is 354 g/mol. The Kier molecular flexibility index (Phi) is 6.16. The lowest BCUT2D eigenvalue weighted by molar-refractivity contribution is -0.116. The summed E-state index contributed by atoms with van der Waals surface area (Å²) in [7, 11) is 3.93. The fourth-order valence-electron chi connectivity index (χ4n) is 2.74. The number of hydrogen-bond acceptors (Lipinski definition) is 5. The second-order valence-corrected chi connectivity index (χ2v) is 6.61. The quantitative estimate of drug-likeness (QED) is 0.685. The van der Waals surface area contributed by atoms with Crippen LogP contribution in [-0.4, -0.2) is 34.8 Å². The summed E-state index contributed by atoms with van der Waals surface area (Å²) in [4.78, 5) is 30.2. The minimum Gasteiger partial charge on any atom is -0.378 e. The summed E-state index contributed by atoms with van der Waals surface area (Å²) >= 11 is 0. The third-order valence-electron chi connectivity index (χ3n) is 4.28. The van der Waals surface area contributed by atoms with E-state index in [9.17, 15) is 9.59 Å². The molecule has 0 unspecified atom stereocenters. The highest BCUT2D eigenvalue weighted by molar-refractivity contribution is 5.90. The average Bonchev–Trinajstić information content (AvgIpc) is 2.70. The molecule has 1 N–H and O–H groups in total. The molecule has 3 rings (SSSR count). The number of carbonyl (C=O) groups is 1. The van der Waals surface area contributed by atoms with Crippen molar-refractivity contribution >= 4 is 17.3 Å². The second-order valence-electron chi connectivity index (χ2n) is 6.61. The number of anilines is 2. The summed E-state index contributed by atoms with van der Waals surface area (Å²) < 4.78 is 1.40. The van der Waals surface area contributed by atoms with E-state index in [4.69, 9.17) is 0 Å². The van der Waals surface area contributed by atoms with E-state index in [1.807, 2.05) is 55.4 Å². The predicted molar refractivity (Wildman–Crippen MR) is 110 cm³/mol. The molecule has 0 aliphatic rings. The third kappa shape index (κ3) is 5.03. The van der Waals surface area contributed by atoms with Crippen molar-refractivity contribution in [3.63, 3.8) is 0 Å². The van der Waals surface area contributed by atoms with Crippen molar-refractivity contribution in [1.29, 1.82) is 0 Å². The average molecular weight is 377 g/mol. The molecule has 2 aromatic heterocycles. The Morgan fingerprint density at radius 2 is 1.75 bits per heavy atom. The number of aromatic nitrogens is 3. The Bertz CT molecular complexity index is 982. The molecule has 0 saturated carbocycles. The summed E-state index contributed by atoms with van der Waals surface area (Å²) in [6.45, 7) is 0.380. The Morgan fingerprint density at radius 1 is 1.04 bits per heavy atom. The first-order valence-corrected chi connectivity index (χ1v) is 9.09. The van der Waals surface area contributed by atoms with E-state index in [0.717, 1.165) is 16.9 Å². The van der Waals surface area contributed by atoms with Gasteiger partial charge in [0, 0.05) is 62.5 Å². The van der Waals surface area contributed by atoms with Gasteiger partial charge in [0.15, 0.2) is 0 Å². The number of rotatable bonds is 7. The summed E-state index contributed by atoms with van der Waals surface area (Å²) in [5, 5.41) is 7.26. The zero-order valence-corrected chi connectivity index (χ0v) is 16.0. The van der Waals surface area contributed by atoms with Gasteiger partial charge >= 0.3 is 0 Å². The first kappa shape index (κ1) is 19.3. The minimum atomic E-state index is -0.183. The molecule has 0 aliphatic heterocycles. The number of aryl methyl sites for hydroxylation is 1. The van der Waals surface area contributed by atoms with Gasteiger partial charge in [-0.3, -0.25) is 14.6 Å². The number of hydrogen-bond donors (Lipinski definition) is 1. The molecule has 1 amide bonds. The van der Waals surface area contributed by atoms with Crippen molar-refractivity contribution in [3.05, 3.63) is 71.3 Å². The van der Waals surface area contributed by atoms with E-state index < -0.39 is 0 Å². The van der Waals surface area contributed by atoms with Crippen molar-refractivity contribution in [2.75, 3.05) is 24.3 Å². The van der Waals surface area contributed by atoms with E-state index in [0.29, 0.717) is 25.1 Å². The minimum absolute atomic E-state index is 0.0871. The van der Waals surface area contributed by atoms with Crippen LogP contribution in [0.1, 0.15) is 12.8 Å². The zero-order valence-electron chi connectivity index (χ0n) is 16.0. The van der Waals surface area contributed by atoms with Gasteiger partial charge in [0.2, 0.25) is 5.91 Å². The predicted octanol–water partition coefficient (Wildman–Crippen LogP) is 2.79. The molecule has 0 radical (unpaired) electrons. The number of carbonyl (C=O) groups excluding carboxylic acids is 1. The molecule has 0 fully saturated rings. The van der Waals surface area contributed by atoms with Crippen molar-refractivity contribution in [2.24, 2.45) is 0 Å². The molecular formula is C21H23N5O2. The standard InChI is InChI=1S/C21H23N5O2/c1-25(2)18-7-5-17(6-8-18)23-20(27)4-3-15-26-21(28)10-9-19(24-26)16-11-13-22-14-12-16/h5-14H,3-4,15H2,1-2H3,(H,23,27). The molecule has 1 aromatic carbocycles. The molecule has 0 saturated heterocycles. The molecule has 3 aromatic rings. The Labute approximate surface area is 163 Å². The van der Waals surface area contributed by atoms with E-state index >= 15 is 0 Å². The first-order valence-electron chi connectivity index (χ1n) is 9.09. The Hall–Kier alpha value is -3.48. The third-order valence-corrected chi connectivity index (χ3v) is 4.28. The van der Waals surface area contributed by atoms with E-state index in [1.165, 1.54) is 10.7 Å². The summed E-state index contributed by atoms with van der Waals surface area (Å²) in [6.07, 6.45) is 4.20. The lowest BCUT2D eigenvalue weighted by Crippen LogP contribution is -2.23. The van der Waals surface area contributed by atoms with Gasteiger partial charge in [0.1, 0.15) is 0 Å². The van der Waals surface area contributed by atoms with E-state index in [-0.39, 0.29) is 11.5 Å². The van der Waals surface area contributed by atoms with Gasteiger partial charge in [-0.05, 0) is 48.9 Å². The van der Waals surface area contributed by atoms with Crippen LogP contribution in [0.25, 0.3) is 11.3 Å². The SMILES string of the molecule is CN(C)c1ccc(NC(=O)CCCn2nc(-c3ccncc3)ccc2=O)cc1. The monoisotopic (exact) mass is 377 g/mol. The topological polar surface area (TPSA) is 80.1 Å². The van der Waals surface area contributed by atoms with Crippen LogP contribution >= 0.6 is 0 Å². The number of amides is 1. The number of benzene rings is 1. The lowest BCUT2D eigenvalue weighted by Gasteiger charge is -2.13. The van der Waals surface area contributed by atoms with Gasteiger partial charge < -0.3 is 10.2 Å². The second kappa shape index (κ2) is 8.94. The molecule has 0 aliphatic carbocycles. The van der Waals surface area contributed by atoms with Crippen molar-refractivity contribution in [2.45, 2.75) is 19.4 Å². The molecule has 28 heavy (non-hydrogen) atoms. The summed E-state index contributed by atoms with van der Waals surface area (Å²) in [5.74, 6) is -0.0871. The highest BCUT2D eigenvalue weighted by atomic mass is 16.1. The van der Waals surface area contributed by atoms with Crippen LogP contribution in [-0.2, 0) is 11.3 Å². The Morgan fingerprint density at radius 3 is 2.43 bits per heavy atom. The summed E-state index contributed by atoms with van der Waals surface area (Å²) in [6, 6.07) is 14.5. The van der Waals surface area contributed by atoms with Gasteiger partial charge in [-0.1, -0.05) is 0 Å². The number of nitrogens with one attached hydrogen (secondary N) is 1. The smallest absolute Gasteiger partial charge is 0.266 e.